The first-order chi connectivity index (χ1) is 7.56. The molecule has 6 heteroatoms. The number of aromatic nitrogens is 2. The molecule has 0 aromatic carbocycles. The SMILES string of the molecule is Cc1nn(CCC(=O)NCCO)c(C)c1Br. The van der Waals surface area contributed by atoms with Crippen LogP contribution >= 0.6 is 15.9 Å². The lowest BCUT2D eigenvalue weighted by Crippen LogP contribution is -2.27. The normalized spacial score (nSPS) is 10.5. The molecule has 0 bridgehead atoms. The second-order valence-corrected chi connectivity index (χ2v) is 4.32. The fourth-order valence-corrected chi connectivity index (χ4v) is 1.67. The second kappa shape index (κ2) is 6.00. The highest BCUT2D eigenvalue weighted by atomic mass is 79.9. The molecule has 16 heavy (non-hydrogen) atoms. The summed E-state index contributed by atoms with van der Waals surface area (Å²) in [5, 5.41) is 15.4. The summed E-state index contributed by atoms with van der Waals surface area (Å²) in [6, 6.07) is 0. The smallest absolute Gasteiger partial charge is 0.221 e. The van der Waals surface area contributed by atoms with Crippen molar-refractivity contribution in [3.63, 3.8) is 0 Å². The van der Waals surface area contributed by atoms with E-state index in [2.05, 4.69) is 26.3 Å². The van der Waals surface area contributed by atoms with E-state index < -0.39 is 0 Å². The van der Waals surface area contributed by atoms with Gasteiger partial charge in [-0.3, -0.25) is 9.48 Å². The molecule has 0 saturated carbocycles. The van der Waals surface area contributed by atoms with Gasteiger partial charge < -0.3 is 10.4 Å². The molecule has 2 N–H and O–H groups in total. The molecule has 0 radical (unpaired) electrons. The number of rotatable bonds is 5. The Morgan fingerprint density at radius 2 is 2.25 bits per heavy atom. The summed E-state index contributed by atoms with van der Waals surface area (Å²) in [4.78, 5) is 11.3. The van der Waals surface area contributed by atoms with Crippen LogP contribution in [0, 0.1) is 13.8 Å². The lowest BCUT2D eigenvalue weighted by molar-refractivity contribution is -0.121. The summed E-state index contributed by atoms with van der Waals surface area (Å²) in [6.45, 7) is 4.70. The first-order valence-electron chi connectivity index (χ1n) is 5.13. The molecule has 1 rings (SSSR count). The number of nitrogens with one attached hydrogen (secondary N) is 1. The summed E-state index contributed by atoms with van der Waals surface area (Å²) < 4.78 is 2.79. The summed E-state index contributed by atoms with van der Waals surface area (Å²) in [5.41, 5.74) is 1.95. The van der Waals surface area contributed by atoms with Crippen molar-refractivity contribution < 1.29 is 9.90 Å². The van der Waals surface area contributed by atoms with Crippen LogP contribution in [0.1, 0.15) is 17.8 Å². The average Bonchev–Trinajstić information content (AvgIpc) is 2.51. The Labute approximate surface area is 103 Å². The molecular weight excluding hydrogens is 274 g/mol. The molecule has 90 valence electrons. The van der Waals surface area contributed by atoms with Gasteiger partial charge in [-0.2, -0.15) is 5.10 Å². The first-order valence-corrected chi connectivity index (χ1v) is 5.92. The Morgan fingerprint density at radius 3 is 2.75 bits per heavy atom. The van der Waals surface area contributed by atoms with Gasteiger partial charge in [0, 0.05) is 18.7 Å². The molecule has 1 amide bonds. The maximum absolute atomic E-state index is 11.3. The number of amides is 1. The molecule has 0 atom stereocenters. The van der Waals surface area contributed by atoms with Crippen LogP contribution in [0.5, 0.6) is 0 Å². The van der Waals surface area contributed by atoms with Crippen LogP contribution in [0.25, 0.3) is 0 Å². The van der Waals surface area contributed by atoms with Crippen LogP contribution in [0.3, 0.4) is 0 Å². The minimum Gasteiger partial charge on any atom is -0.395 e. The van der Waals surface area contributed by atoms with E-state index in [1.807, 2.05) is 13.8 Å². The van der Waals surface area contributed by atoms with E-state index in [-0.39, 0.29) is 12.5 Å². The number of aryl methyl sites for hydroxylation is 2. The van der Waals surface area contributed by atoms with E-state index in [0.717, 1.165) is 15.9 Å². The summed E-state index contributed by atoms with van der Waals surface area (Å²) in [6.07, 6.45) is 0.369. The van der Waals surface area contributed by atoms with Crippen molar-refractivity contribution >= 4 is 21.8 Å². The van der Waals surface area contributed by atoms with Crippen molar-refractivity contribution in [1.82, 2.24) is 15.1 Å². The Bertz CT molecular complexity index is 376. The van der Waals surface area contributed by atoms with Crippen LogP contribution in [-0.2, 0) is 11.3 Å². The Hall–Kier alpha value is -0.880. The predicted octanol–water partition coefficient (Wildman–Crippen LogP) is 0.761. The van der Waals surface area contributed by atoms with E-state index in [0.29, 0.717) is 19.5 Å². The number of carbonyl (C=O) groups excluding carboxylic acids is 1. The number of hydrogen-bond acceptors (Lipinski definition) is 3. The van der Waals surface area contributed by atoms with E-state index in [9.17, 15) is 4.79 Å². The molecule has 5 nitrogen and oxygen atoms in total. The second-order valence-electron chi connectivity index (χ2n) is 3.53. The molecule has 0 aliphatic rings. The molecule has 0 spiro atoms. The monoisotopic (exact) mass is 289 g/mol. The van der Waals surface area contributed by atoms with Crippen molar-refractivity contribution in [2.75, 3.05) is 13.2 Å². The highest BCUT2D eigenvalue weighted by molar-refractivity contribution is 9.10. The molecule has 1 aromatic rings. The predicted molar refractivity (Wildman–Crippen MR) is 64.1 cm³/mol. The molecule has 0 fully saturated rings. The fourth-order valence-electron chi connectivity index (χ4n) is 1.38. The number of hydrogen-bond donors (Lipinski definition) is 2. The van der Waals surface area contributed by atoms with Gasteiger partial charge in [-0.15, -0.1) is 0 Å². The van der Waals surface area contributed by atoms with Crippen molar-refractivity contribution in [2.45, 2.75) is 26.8 Å². The minimum absolute atomic E-state index is 0.0306. The molecule has 0 saturated heterocycles. The quantitative estimate of drug-likeness (QED) is 0.841. The van der Waals surface area contributed by atoms with Crippen LogP contribution < -0.4 is 5.32 Å². The number of aliphatic hydroxyl groups is 1. The van der Waals surface area contributed by atoms with Gasteiger partial charge in [0.15, 0.2) is 0 Å². The molecule has 0 unspecified atom stereocenters. The van der Waals surface area contributed by atoms with Crippen LogP contribution in [0.15, 0.2) is 4.47 Å². The third kappa shape index (κ3) is 3.31. The summed E-state index contributed by atoms with van der Waals surface area (Å²) >= 11 is 3.43. The maximum Gasteiger partial charge on any atom is 0.221 e. The van der Waals surface area contributed by atoms with E-state index in [1.165, 1.54) is 0 Å². The zero-order valence-corrected chi connectivity index (χ0v) is 11.0. The van der Waals surface area contributed by atoms with Gasteiger partial charge in [0.05, 0.1) is 23.3 Å². The Kier molecular flexibility index (Phi) is 4.95. The van der Waals surface area contributed by atoms with Crippen molar-refractivity contribution in [2.24, 2.45) is 0 Å². The van der Waals surface area contributed by atoms with Crippen molar-refractivity contribution in [3.8, 4) is 0 Å². The van der Waals surface area contributed by atoms with E-state index in [4.69, 9.17) is 5.11 Å². The summed E-state index contributed by atoms with van der Waals surface area (Å²) in [5.74, 6) is -0.0716. The van der Waals surface area contributed by atoms with E-state index in [1.54, 1.807) is 4.68 Å². The highest BCUT2D eigenvalue weighted by Crippen LogP contribution is 2.19. The number of aliphatic hydroxyl groups excluding tert-OH is 1. The lowest BCUT2D eigenvalue weighted by Gasteiger charge is -2.05. The largest absolute Gasteiger partial charge is 0.395 e. The van der Waals surface area contributed by atoms with Crippen molar-refractivity contribution in [1.29, 1.82) is 0 Å². The number of nitrogens with zero attached hydrogens (tertiary/aromatic N) is 2. The Morgan fingerprint density at radius 1 is 1.56 bits per heavy atom. The van der Waals surface area contributed by atoms with Crippen LogP contribution in [0.4, 0.5) is 0 Å². The third-order valence-electron chi connectivity index (χ3n) is 2.28. The molecule has 0 aliphatic heterocycles. The van der Waals surface area contributed by atoms with Crippen LogP contribution in [0.2, 0.25) is 0 Å². The highest BCUT2D eigenvalue weighted by Gasteiger charge is 2.09. The van der Waals surface area contributed by atoms with Gasteiger partial charge >= 0.3 is 0 Å². The molecule has 1 heterocycles. The summed E-state index contributed by atoms with van der Waals surface area (Å²) in [7, 11) is 0. The maximum atomic E-state index is 11.3. The van der Waals surface area contributed by atoms with Gasteiger partial charge in [-0.1, -0.05) is 0 Å². The molecule has 1 aromatic heterocycles. The number of carbonyl (C=O) groups is 1. The third-order valence-corrected chi connectivity index (χ3v) is 3.43. The van der Waals surface area contributed by atoms with Gasteiger partial charge in [0.2, 0.25) is 5.91 Å². The van der Waals surface area contributed by atoms with Gasteiger partial charge in [0.25, 0.3) is 0 Å². The number of halogens is 1. The zero-order valence-electron chi connectivity index (χ0n) is 9.46. The fraction of sp³-hybridized carbons (Fsp3) is 0.600. The van der Waals surface area contributed by atoms with Crippen molar-refractivity contribution in [3.05, 3.63) is 15.9 Å². The van der Waals surface area contributed by atoms with Gasteiger partial charge in [-0.05, 0) is 29.8 Å². The van der Waals surface area contributed by atoms with Crippen LogP contribution in [-0.4, -0.2) is 33.9 Å². The minimum atomic E-state index is -0.0716. The first kappa shape index (κ1) is 13.2. The Balaban J connectivity index is 2.48. The standard InChI is InChI=1S/C10H16BrN3O2/c1-7-10(11)8(2)14(13-7)5-3-9(16)12-4-6-15/h15H,3-6H2,1-2H3,(H,12,16). The zero-order chi connectivity index (χ0) is 12.1. The molecule has 0 aliphatic carbocycles. The van der Waals surface area contributed by atoms with Gasteiger partial charge in [0.1, 0.15) is 0 Å². The topological polar surface area (TPSA) is 67.2 Å². The average molecular weight is 290 g/mol. The molecular formula is C10H16BrN3O2. The lowest BCUT2D eigenvalue weighted by atomic mass is 10.3. The van der Waals surface area contributed by atoms with E-state index >= 15 is 0 Å². The van der Waals surface area contributed by atoms with Gasteiger partial charge in [-0.25, -0.2) is 0 Å².